The molecule has 1 atom stereocenters. The minimum absolute atomic E-state index is 0.0536. The zero-order chi connectivity index (χ0) is 32.6. The van der Waals surface area contributed by atoms with Crippen LogP contribution in [0, 0.1) is 0 Å². The third-order valence-corrected chi connectivity index (χ3v) is 9.91. The van der Waals surface area contributed by atoms with Gasteiger partial charge >= 0.3 is 0 Å². The minimum Gasteiger partial charge on any atom is -0.495 e. The smallest absolute Gasteiger partial charge is 0.265 e. The van der Waals surface area contributed by atoms with Crippen molar-refractivity contribution in [3.63, 3.8) is 0 Å². The molecule has 3 aromatic carbocycles. The molecule has 2 amide bonds. The maximum absolute atomic E-state index is 14.4. The van der Waals surface area contributed by atoms with Crippen LogP contribution in [0.25, 0.3) is 0 Å². The van der Waals surface area contributed by atoms with Crippen molar-refractivity contribution in [2.75, 3.05) is 32.2 Å². The topological polar surface area (TPSA) is 114 Å². The normalized spacial score (nSPS) is 14.0. The van der Waals surface area contributed by atoms with E-state index >= 15 is 0 Å². The van der Waals surface area contributed by atoms with Gasteiger partial charge in [0.1, 0.15) is 18.3 Å². The van der Waals surface area contributed by atoms with Crippen LogP contribution in [-0.2, 0) is 26.2 Å². The number of methoxy groups -OCH3 is 3. The Morgan fingerprint density at radius 1 is 0.911 bits per heavy atom. The quantitative estimate of drug-likeness (QED) is 0.246. The van der Waals surface area contributed by atoms with Gasteiger partial charge in [-0.3, -0.25) is 13.9 Å². The summed E-state index contributed by atoms with van der Waals surface area (Å²) in [6.07, 6.45) is 4.19. The number of benzene rings is 3. The van der Waals surface area contributed by atoms with Gasteiger partial charge in [-0.1, -0.05) is 61.7 Å². The highest BCUT2D eigenvalue weighted by Gasteiger charge is 2.36. The summed E-state index contributed by atoms with van der Waals surface area (Å²) in [4.78, 5) is 29.3. The van der Waals surface area contributed by atoms with Gasteiger partial charge in [0.25, 0.3) is 10.0 Å². The Bertz CT molecular complexity index is 1580. The maximum atomic E-state index is 14.4. The van der Waals surface area contributed by atoms with Crippen molar-refractivity contribution in [3.05, 3.63) is 77.3 Å². The van der Waals surface area contributed by atoms with Gasteiger partial charge in [0, 0.05) is 23.7 Å². The van der Waals surface area contributed by atoms with Crippen LogP contribution in [0.15, 0.2) is 71.6 Å². The lowest BCUT2D eigenvalue weighted by Crippen LogP contribution is -2.53. The number of amides is 2. The van der Waals surface area contributed by atoms with Crippen molar-refractivity contribution in [1.82, 2.24) is 10.2 Å². The Kier molecular flexibility index (Phi) is 11.6. The van der Waals surface area contributed by atoms with E-state index in [1.165, 1.54) is 56.6 Å². The fraction of sp³-hybridized carbons (Fsp3) is 0.394. The second-order valence-corrected chi connectivity index (χ2v) is 13.1. The molecular formula is C33H40ClN3O7S. The van der Waals surface area contributed by atoms with E-state index in [0.717, 1.165) is 35.6 Å². The maximum Gasteiger partial charge on any atom is 0.265 e. The average molecular weight is 658 g/mol. The summed E-state index contributed by atoms with van der Waals surface area (Å²) >= 11 is 6.34. The van der Waals surface area contributed by atoms with Gasteiger partial charge in [-0.25, -0.2) is 8.42 Å². The van der Waals surface area contributed by atoms with Crippen molar-refractivity contribution in [2.45, 2.75) is 62.6 Å². The summed E-state index contributed by atoms with van der Waals surface area (Å²) in [6, 6.07) is 17.2. The number of carbonyl (C=O) groups is 2. The van der Waals surface area contributed by atoms with Crippen molar-refractivity contribution in [3.8, 4) is 17.2 Å². The van der Waals surface area contributed by atoms with Gasteiger partial charge in [0.05, 0.1) is 31.9 Å². The lowest BCUT2D eigenvalue weighted by Gasteiger charge is -2.34. The largest absolute Gasteiger partial charge is 0.495 e. The molecule has 4 rings (SSSR count). The molecule has 0 radical (unpaired) electrons. The first-order chi connectivity index (χ1) is 21.6. The van der Waals surface area contributed by atoms with Crippen LogP contribution in [0.5, 0.6) is 17.2 Å². The number of nitrogens with one attached hydrogen (secondary N) is 1. The van der Waals surface area contributed by atoms with Crippen molar-refractivity contribution in [1.29, 1.82) is 0 Å². The fourth-order valence-electron chi connectivity index (χ4n) is 5.54. The first kappa shape index (κ1) is 33.9. The second kappa shape index (κ2) is 15.4. The van der Waals surface area contributed by atoms with Crippen molar-refractivity contribution in [2.24, 2.45) is 0 Å². The number of hydrogen-bond donors (Lipinski definition) is 1. The number of carbonyl (C=O) groups excluding carboxylic acids is 2. The molecule has 1 saturated carbocycles. The number of rotatable bonds is 14. The van der Waals surface area contributed by atoms with Gasteiger partial charge in [-0.05, 0) is 55.2 Å². The van der Waals surface area contributed by atoms with Gasteiger partial charge in [0.15, 0.2) is 11.5 Å². The van der Waals surface area contributed by atoms with E-state index in [1.54, 1.807) is 6.07 Å². The van der Waals surface area contributed by atoms with E-state index in [2.05, 4.69) is 5.32 Å². The summed E-state index contributed by atoms with van der Waals surface area (Å²) in [6.45, 7) is 1.31. The molecule has 242 valence electrons. The Balaban J connectivity index is 1.79. The van der Waals surface area contributed by atoms with Crippen LogP contribution in [0.4, 0.5) is 5.69 Å². The molecule has 3 aromatic rings. The molecule has 0 aromatic heterocycles. The third-order valence-electron chi connectivity index (χ3n) is 7.91. The molecule has 0 spiro atoms. The highest BCUT2D eigenvalue weighted by Crippen LogP contribution is 2.37. The lowest BCUT2D eigenvalue weighted by molar-refractivity contribution is -0.140. The van der Waals surface area contributed by atoms with Crippen LogP contribution < -0.4 is 23.8 Å². The lowest BCUT2D eigenvalue weighted by atomic mass is 10.1. The SMILES string of the molecule is CC[C@H](C(=O)NC1CCCC1)N(Cc1ccccc1)C(=O)CN(c1cc(Cl)ccc1OC)S(=O)(=O)c1ccc(OC)c(OC)c1. The van der Waals surface area contributed by atoms with Gasteiger partial charge in [0.2, 0.25) is 11.8 Å². The zero-order valence-electron chi connectivity index (χ0n) is 26.0. The number of halogens is 1. The summed E-state index contributed by atoms with van der Waals surface area (Å²) < 4.78 is 45.9. The fourth-order valence-corrected chi connectivity index (χ4v) is 7.14. The summed E-state index contributed by atoms with van der Waals surface area (Å²) in [5, 5.41) is 3.36. The molecule has 1 aliphatic rings. The summed E-state index contributed by atoms with van der Waals surface area (Å²) in [5.41, 5.74) is 0.865. The molecular weight excluding hydrogens is 618 g/mol. The molecule has 0 bridgehead atoms. The Hall–Kier alpha value is -3.96. The van der Waals surface area contributed by atoms with Crippen LogP contribution in [0.2, 0.25) is 5.02 Å². The highest BCUT2D eigenvalue weighted by molar-refractivity contribution is 7.92. The molecule has 0 saturated heterocycles. The standard InChI is InChI=1S/C33H40ClN3O7S/c1-5-27(33(39)35-25-13-9-10-14-25)36(21-23-11-7-6-8-12-23)32(38)22-37(28-19-24(34)15-17-29(28)42-2)45(40,41)26-16-18-30(43-3)31(20-26)44-4/h6-8,11-12,15-20,25,27H,5,9-10,13-14,21-22H2,1-4H3,(H,35,39)/t27-/m1/s1. The van der Waals surface area contributed by atoms with Crippen LogP contribution in [-0.4, -0.2) is 65.1 Å². The molecule has 45 heavy (non-hydrogen) atoms. The number of nitrogens with zero attached hydrogens (tertiary/aromatic N) is 2. The van der Waals surface area contributed by atoms with Gasteiger partial charge in [-0.2, -0.15) is 0 Å². The Labute approximate surface area is 270 Å². The molecule has 0 heterocycles. The van der Waals surface area contributed by atoms with E-state index < -0.39 is 28.5 Å². The molecule has 1 aliphatic carbocycles. The Morgan fingerprint density at radius 2 is 1.56 bits per heavy atom. The molecule has 0 unspecified atom stereocenters. The molecule has 12 heteroatoms. The first-order valence-electron chi connectivity index (χ1n) is 14.8. The van der Waals surface area contributed by atoms with E-state index in [1.807, 2.05) is 37.3 Å². The number of hydrogen-bond acceptors (Lipinski definition) is 7. The van der Waals surface area contributed by atoms with E-state index in [4.69, 9.17) is 25.8 Å². The molecule has 0 aliphatic heterocycles. The van der Waals surface area contributed by atoms with E-state index in [-0.39, 0.29) is 45.6 Å². The first-order valence-corrected chi connectivity index (χ1v) is 16.7. The third kappa shape index (κ3) is 8.01. The van der Waals surface area contributed by atoms with Gasteiger partial charge in [-0.15, -0.1) is 0 Å². The molecule has 1 fully saturated rings. The number of ether oxygens (including phenoxy) is 3. The summed E-state index contributed by atoms with van der Waals surface area (Å²) in [7, 11) is -0.174. The zero-order valence-corrected chi connectivity index (χ0v) is 27.6. The predicted octanol–water partition coefficient (Wildman–Crippen LogP) is 5.43. The molecule has 1 N–H and O–H groups in total. The van der Waals surface area contributed by atoms with E-state index in [9.17, 15) is 18.0 Å². The molecule has 10 nitrogen and oxygen atoms in total. The predicted molar refractivity (Wildman–Crippen MR) is 174 cm³/mol. The number of anilines is 1. The van der Waals surface area contributed by atoms with Crippen molar-refractivity contribution >= 4 is 39.1 Å². The minimum atomic E-state index is -4.42. The highest BCUT2D eigenvalue weighted by atomic mass is 35.5. The van der Waals surface area contributed by atoms with Crippen LogP contribution >= 0.6 is 11.6 Å². The van der Waals surface area contributed by atoms with Crippen LogP contribution in [0.3, 0.4) is 0 Å². The van der Waals surface area contributed by atoms with E-state index in [0.29, 0.717) is 12.2 Å². The average Bonchev–Trinajstić information content (AvgIpc) is 3.56. The van der Waals surface area contributed by atoms with Crippen LogP contribution in [0.1, 0.15) is 44.6 Å². The number of sulfonamides is 1. The summed E-state index contributed by atoms with van der Waals surface area (Å²) in [5.74, 6) is -0.102. The van der Waals surface area contributed by atoms with Crippen molar-refractivity contribution < 1.29 is 32.2 Å². The van der Waals surface area contributed by atoms with Gasteiger partial charge < -0.3 is 24.4 Å². The Morgan fingerprint density at radius 3 is 2.18 bits per heavy atom. The monoisotopic (exact) mass is 657 g/mol. The second-order valence-electron chi connectivity index (χ2n) is 10.8.